The molecule has 1 heterocycles. The minimum absolute atomic E-state index is 0.143. The van der Waals surface area contributed by atoms with Gasteiger partial charge in [0, 0.05) is 11.1 Å². The molecular weight excluding hydrogens is 340 g/mol. The molecule has 3 N–H and O–H groups in total. The molecule has 0 aliphatic carbocycles. The molecule has 0 spiro atoms. The van der Waals surface area contributed by atoms with Crippen molar-refractivity contribution in [1.29, 1.82) is 0 Å². The van der Waals surface area contributed by atoms with Crippen molar-refractivity contribution in [3.05, 3.63) is 83.9 Å². The summed E-state index contributed by atoms with van der Waals surface area (Å²) in [5.41, 5.74) is 6.19. The van der Waals surface area contributed by atoms with E-state index in [4.69, 9.17) is 0 Å². The van der Waals surface area contributed by atoms with Crippen molar-refractivity contribution >= 4 is 23.2 Å². The Morgan fingerprint density at radius 1 is 1.04 bits per heavy atom. The predicted octanol–water partition coefficient (Wildman–Crippen LogP) is 3.70. The molecule has 0 fully saturated rings. The van der Waals surface area contributed by atoms with Crippen molar-refractivity contribution in [2.45, 2.75) is 0 Å². The van der Waals surface area contributed by atoms with Crippen molar-refractivity contribution in [1.82, 2.24) is 15.4 Å². The third-order valence-electron chi connectivity index (χ3n) is 4.04. The summed E-state index contributed by atoms with van der Waals surface area (Å²) in [5, 5.41) is 13.4. The summed E-state index contributed by atoms with van der Waals surface area (Å²) in [6.45, 7) is 0. The number of aromatic amines is 1. The van der Waals surface area contributed by atoms with E-state index in [-0.39, 0.29) is 11.7 Å². The lowest BCUT2D eigenvalue weighted by Gasteiger charge is -2.00. The minimum atomic E-state index is -0.329. The molecule has 0 saturated carbocycles. The van der Waals surface area contributed by atoms with Crippen molar-refractivity contribution in [2.24, 2.45) is 5.10 Å². The maximum Gasteiger partial charge on any atom is 0.271 e. The molecule has 4 rings (SSSR count). The van der Waals surface area contributed by atoms with Crippen LogP contribution in [-0.2, 0) is 0 Å². The van der Waals surface area contributed by atoms with Crippen LogP contribution in [0.25, 0.3) is 22.4 Å². The average molecular weight is 356 g/mol. The molecule has 0 bridgehead atoms. The molecule has 0 aliphatic heterocycles. The number of nitrogens with one attached hydrogen (secondary N) is 2. The van der Waals surface area contributed by atoms with Gasteiger partial charge in [-0.25, -0.2) is 10.4 Å². The van der Waals surface area contributed by atoms with Crippen LogP contribution in [-0.4, -0.2) is 27.2 Å². The predicted molar refractivity (Wildman–Crippen MR) is 105 cm³/mol. The zero-order chi connectivity index (χ0) is 18.6. The normalized spacial score (nSPS) is 11.1. The van der Waals surface area contributed by atoms with E-state index in [1.54, 1.807) is 42.5 Å². The van der Waals surface area contributed by atoms with Gasteiger partial charge in [-0.05, 0) is 35.9 Å². The fourth-order valence-corrected chi connectivity index (χ4v) is 2.72. The van der Waals surface area contributed by atoms with E-state index in [1.807, 2.05) is 30.3 Å². The molecule has 0 aliphatic rings. The number of phenolic OH excluding ortho intramolecular Hbond substituents is 1. The lowest BCUT2D eigenvalue weighted by atomic mass is 10.2. The van der Waals surface area contributed by atoms with Gasteiger partial charge in [-0.2, -0.15) is 5.10 Å². The van der Waals surface area contributed by atoms with Crippen molar-refractivity contribution in [3.8, 4) is 17.1 Å². The summed E-state index contributed by atoms with van der Waals surface area (Å²) in [7, 11) is 0. The molecule has 1 aromatic heterocycles. The molecule has 27 heavy (non-hydrogen) atoms. The zero-order valence-electron chi connectivity index (χ0n) is 14.3. The quantitative estimate of drug-likeness (QED) is 0.385. The Labute approximate surface area is 155 Å². The summed E-state index contributed by atoms with van der Waals surface area (Å²) in [4.78, 5) is 20.1. The Balaban J connectivity index is 1.52. The number of aromatic nitrogens is 2. The minimum Gasteiger partial charge on any atom is -0.508 e. The van der Waals surface area contributed by atoms with Gasteiger partial charge in [0.05, 0.1) is 17.2 Å². The number of hydrazone groups is 1. The molecule has 0 atom stereocenters. The van der Waals surface area contributed by atoms with Gasteiger partial charge in [0.2, 0.25) is 0 Å². The molecule has 0 radical (unpaired) electrons. The first-order valence-electron chi connectivity index (χ1n) is 8.37. The van der Waals surface area contributed by atoms with Gasteiger partial charge in [0.15, 0.2) is 0 Å². The molecule has 6 heteroatoms. The monoisotopic (exact) mass is 356 g/mol. The number of phenols is 1. The van der Waals surface area contributed by atoms with Crippen LogP contribution in [0.1, 0.15) is 15.9 Å². The molecule has 4 aromatic rings. The maximum atomic E-state index is 12.3. The van der Waals surface area contributed by atoms with E-state index < -0.39 is 0 Å². The fourth-order valence-electron chi connectivity index (χ4n) is 2.72. The zero-order valence-corrected chi connectivity index (χ0v) is 14.3. The van der Waals surface area contributed by atoms with Gasteiger partial charge in [0.25, 0.3) is 5.91 Å². The lowest BCUT2D eigenvalue weighted by Crippen LogP contribution is -2.17. The van der Waals surface area contributed by atoms with Crippen molar-refractivity contribution in [3.63, 3.8) is 0 Å². The Hall–Kier alpha value is -3.93. The number of fused-ring (bicyclic) bond motifs is 1. The highest BCUT2D eigenvalue weighted by atomic mass is 16.3. The highest BCUT2D eigenvalue weighted by Crippen LogP contribution is 2.21. The lowest BCUT2D eigenvalue weighted by molar-refractivity contribution is 0.0955. The SMILES string of the molecule is O=C(N/N=C/c1cccc(O)c1)c1ccc2nc(-c3ccccc3)[nH]c2c1. The van der Waals surface area contributed by atoms with E-state index in [1.165, 1.54) is 6.21 Å². The molecule has 0 unspecified atom stereocenters. The van der Waals surface area contributed by atoms with Crippen LogP contribution in [0.3, 0.4) is 0 Å². The summed E-state index contributed by atoms with van der Waals surface area (Å²) in [6, 6.07) is 21.6. The number of rotatable bonds is 4. The number of imidazole rings is 1. The third-order valence-corrected chi connectivity index (χ3v) is 4.04. The third kappa shape index (κ3) is 3.69. The van der Waals surface area contributed by atoms with Crippen LogP contribution in [0, 0.1) is 0 Å². The van der Waals surface area contributed by atoms with Crippen LogP contribution in [0.4, 0.5) is 0 Å². The van der Waals surface area contributed by atoms with Gasteiger partial charge in [-0.3, -0.25) is 4.79 Å². The number of hydrogen-bond donors (Lipinski definition) is 3. The van der Waals surface area contributed by atoms with Gasteiger partial charge in [0.1, 0.15) is 11.6 Å². The molecule has 3 aromatic carbocycles. The molecule has 6 nitrogen and oxygen atoms in total. The number of nitrogens with zero attached hydrogens (tertiary/aromatic N) is 2. The average Bonchev–Trinajstić information content (AvgIpc) is 3.12. The van der Waals surface area contributed by atoms with Crippen LogP contribution >= 0.6 is 0 Å². The molecule has 132 valence electrons. The topological polar surface area (TPSA) is 90.4 Å². The van der Waals surface area contributed by atoms with Gasteiger partial charge in [-0.1, -0.05) is 42.5 Å². The first kappa shape index (κ1) is 16.5. The summed E-state index contributed by atoms with van der Waals surface area (Å²) < 4.78 is 0. The number of amides is 1. The number of aromatic hydroxyl groups is 1. The van der Waals surface area contributed by atoms with Crippen LogP contribution in [0.5, 0.6) is 5.75 Å². The Bertz CT molecular complexity index is 1130. The second kappa shape index (κ2) is 7.13. The van der Waals surface area contributed by atoms with Gasteiger partial charge < -0.3 is 10.1 Å². The Morgan fingerprint density at radius 2 is 1.89 bits per heavy atom. The summed E-state index contributed by atoms with van der Waals surface area (Å²) in [5.74, 6) is 0.568. The van der Waals surface area contributed by atoms with E-state index in [0.717, 1.165) is 22.4 Å². The van der Waals surface area contributed by atoms with Crippen molar-refractivity contribution < 1.29 is 9.90 Å². The number of carbonyl (C=O) groups excluding carboxylic acids is 1. The van der Waals surface area contributed by atoms with Gasteiger partial charge >= 0.3 is 0 Å². The highest BCUT2D eigenvalue weighted by molar-refractivity contribution is 5.98. The van der Waals surface area contributed by atoms with E-state index in [0.29, 0.717) is 11.1 Å². The van der Waals surface area contributed by atoms with Crippen LogP contribution < -0.4 is 5.43 Å². The smallest absolute Gasteiger partial charge is 0.271 e. The highest BCUT2D eigenvalue weighted by Gasteiger charge is 2.09. The molecule has 0 saturated heterocycles. The largest absolute Gasteiger partial charge is 0.508 e. The standard InChI is InChI=1S/C21H16N4O2/c26-17-8-4-5-14(11-17)13-22-25-21(27)16-9-10-18-19(12-16)24-20(23-18)15-6-2-1-3-7-15/h1-13,26H,(H,23,24)(H,25,27)/b22-13+. The number of carbonyl (C=O) groups is 1. The van der Waals surface area contributed by atoms with E-state index in [2.05, 4.69) is 20.5 Å². The fraction of sp³-hybridized carbons (Fsp3) is 0. The van der Waals surface area contributed by atoms with Crippen LogP contribution in [0.15, 0.2) is 77.9 Å². The van der Waals surface area contributed by atoms with Crippen molar-refractivity contribution in [2.75, 3.05) is 0 Å². The number of H-pyrrole nitrogens is 1. The summed E-state index contributed by atoms with van der Waals surface area (Å²) >= 11 is 0. The van der Waals surface area contributed by atoms with E-state index in [9.17, 15) is 9.90 Å². The van der Waals surface area contributed by atoms with Crippen LogP contribution in [0.2, 0.25) is 0 Å². The van der Waals surface area contributed by atoms with E-state index >= 15 is 0 Å². The molecule has 1 amide bonds. The number of benzene rings is 3. The summed E-state index contributed by atoms with van der Waals surface area (Å²) in [6.07, 6.45) is 1.47. The molecular formula is C21H16N4O2. The first-order chi connectivity index (χ1) is 13.2. The van der Waals surface area contributed by atoms with Gasteiger partial charge in [-0.15, -0.1) is 0 Å². The Kier molecular flexibility index (Phi) is 4.37. The second-order valence-corrected chi connectivity index (χ2v) is 5.98. The maximum absolute atomic E-state index is 12.3. The Morgan fingerprint density at radius 3 is 2.70 bits per heavy atom. The number of hydrogen-bond acceptors (Lipinski definition) is 4. The second-order valence-electron chi connectivity index (χ2n) is 5.98. The first-order valence-corrected chi connectivity index (χ1v) is 8.37.